The molecule has 1 fully saturated rings. The van der Waals surface area contributed by atoms with Crippen LogP contribution in [0.4, 0.5) is 0 Å². The second-order valence-electron chi connectivity index (χ2n) is 4.22. The van der Waals surface area contributed by atoms with E-state index in [1.165, 1.54) is 12.8 Å². The number of hydrogen-bond acceptors (Lipinski definition) is 2. The summed E-state index contributed by atoms with van der Waals surface area (Å²) in [5.41, 5.74) is 2.13. The van der Waals surface area contributed by atoms with Crippen molar-refractivity contribution in [3.8, 4) is 11.4 Å². The zero-order valence-corrected chi connectivity index (χ0v) is 9.78. The number of benzene rings is 1. The number of halogens is 1. The van der Waals surface area contributed by atoms with Crippen LogP contribution in [-0.2, 0) is 0 Å². The molecule has 1 aliphatic carbocycles. The minimum absolute atomic E-state index is 0.539. The molecule has 1 aromatic heterocycles. The zero-order chi connectivity index (χ0) is 11.1. The molecule has 1 aromatic carbocycles. The molecule has 0 atom stereocenters. The summed E-state index contributed by atoms with van der Waals surface area (Å²) in [6.45, 7) is 2.00. The van der Waals surface area contributed by atoms with E-state index in [2.05, 4.69) is 10.1 Å². The van der Waals surface area contributed by atoms with E-state index in [0.717, 1.165) is 22.0 Å². The SMILES string of the molecule is Cc1ccc(-c2ncnn2C2CC2)cc1Cl. The van der Waals surface area contributed by atoms with Gasteiger partial charge in [-0.15, -0.1) is 0 Å². The minimum atomic E-state index is 0.539. The highest BCUT2D eigenvalue weighted by molar-refractivity contribution is 6.31. The molecule has 1 aliphatic rings. The van der Waals surface area contributed by atoms with Crippen LogP contribution in [0.25, 0.3) is 11.4 Å². The van der Waals surface area contributed by atoms with Crippen LogP contribution < -0.4 is 0 Å². The molecule has 0 N–H and O–H groups in total. The standard InChI is InChI=1S/C12H12ClN3/c1-8-2-3-9(6-11(8)13)12-14-7-15-16(12)10-4-5-10/h2-3,6-7,10H,4-5H2,1H3. The molecule has 82 valence electrons. The third-order valence-electron chi connectivity index (χ3n) is 2.90. The van der Waals surface area contributed by atoms with Crippen molar-refractivity contribution in [2.75, 3.05) is 0 Å². The first-order valence-corrected chi connectivity index (χ1v) is 5.79. The van der Waals surface area contributed by atoms with Gasteiger partial charge in [0.15, 0.2) is 5.82 Å². The molecule has 0 aliphatic heterocycles. The number of aromatic nitrogens is 3. The van der Waals surface area contributed by atoms with Crippen LogP contribution >= 0.6 is 11.6 Å². The molecule has 0 spiro atoms. The van der Waals surface area contributed by atoms with E-state index < -0.39 is 0 Å². The van der Waals surface area contributed by atoms with Crippen molar-refractivity contribution in [2.24, 2.45) is 0 Å². The summed E-state index contributed by atoms with van der Waals surface area (Å²) in [4.78, 5) is 4.31. The van der Waals surface area contributed by atoms with E-state index in [1.807, 2.05) is 29.8 Å². The summed E-state index contributed by atoms with van der Waals surface area (Å²) in [6, 6.07) is 6.56. The zero-order valence-electron chi connectivity index (χ0n) is 9.02. The van der Waals surface area contributed by atoms with Crippen LogP contribution in [0.3, 0.4) is 0 Å². The van der Waals surface area contributed by atoms with Crippen molar-refractivity contribution in [1.29, 1.82) is 0 Å². The highest BCUT2D eigenvalue weighted by atomic mass is 35.5. The highest BCUT2D eigenvalue weighted by Crippen LogP contribution is 2.37. The van der Waals surface area contributed by atoms with Crippen LogP contribution in [0.15, 0.2) is 24.5 Å². The Kier molecular flexibility index (Phi) is 2.21. The van der Waals surface area contributed by atoms with Gasteiger partial charge in [0.25, 0.3) is 0 Å². The monoisotopic (exact) mass is 233 g/mol. The van der Waals surface area contributed by atoms with Crippen LogP contribution in [-0.4, -0.2) is 14.8 Å². The third kappa shape index (κ3) is 1.61. The van der Waals surface area contributed by atoms with E-state index >= 15 is 0 Å². The van der Waals surface area contributed by atoms with Gasteiger partial charge in [0, 0.05) is 10.6 Å². The molecule has 2 aromatic rings. The fraction of sp³-hybridized carbons (Fsp3) is 0.333. The molecule has 16 heavy (non-hydrogen) atoms. The summed E-state index contributed by atoms with van der Waals surface area (Å²) in [6.07, 6.45) is 4.02. The summed E-state index contributed by atoms with van der Waals surface area (Å²) < 4.78 is 2.00. The number of aryl methyl sites for hydroxylation is 1. The highest BCUT2D eigenvalue weighted by Gasteiger charge is 2.27. The van der Waals surface area contributed by atoms with Gasteiger partial charge in [-0.2, -0.15) is 5.10 Å². The smallest absolute Gasteiger partial charge is 0.158 e. The van der Waals surface area contributed by atoms with Gasteiger partial charge in [-0.25, -0.2) is 9.67 Å². The molecule has 0 amide bonds. The molecule has 0 radical (unpaired) electrons. The molecular formula is C12H12ClN3. The maximum atomic E-state index is 6.12. The van der Waals surface area contributed by atoms with Crippen LogP contribution in [0.1, 0.15) is 24.4 Å². The molecule has 1 saturated carbocycles. The molecule has 1 heterocycles. The first-order valence-electron chi connectivity index (χ1n) is 5.42. The molecule has 0 saturated heterocycles. The van der Waals surface area contributed by atoms with Crippen molar-refractivity contribution in [1.82, 2.24) is 14.8 Å². The Hall–Kier alpha value is -1.35. The van der Waals surface area contributed by atoms with Gasteiger partial charge in [-0.05, 0) is 31.4 Å². The van der Waals surface area contributed by atoms with E-state index in [-0.39, 0.29) is 0 Å². The first kappa shape index (κ1) is 9.85. The lowest BCUT2D eigenvalue weighted by Crippen LogP contribution is -1.99. The van der Waals surface area contributed by atoms with E-state index in [0.29, 0.717) is 6.04 Å². The average molecular weight is 234 g/mol. The Morgan fingerprint density at radius 3 is 2.88 bits per heavy atom. The summed E-state index contributed by atoms with van der Waals surface area (Å²) >= 11 is 6.12. The lowest BCUT2D eigenvalue weighted by atomic mass is 10.1. The Morgan fingerprint density at radius 1 is 1.38 bits per heavy atom. The normalized spacial score (nSPS) is 15.4. The van der Waals surface area contributed by atoms with E-state index in [4.69, 9.17) is 11.6 Å². The van der Waals surface area contributed by atoms with Crippen LogP contribution in [0.5, 0.6) is 0 Å². The third-order valence-corrected chi connectivity index (χ3v) is 3.30. The lowest BCUT2D eigenvalue weighted by molar-refractivity contribution is 0.647. The maximum absolute atomic E-state index is 6.12. The van der Waals surface area contributed by atoms with Crippen LogP contribution in [0.2, 0.25) is 5.02 Å². The largest absolute Gasteiger partial charge is 0.243 e. The van der Waals surface area contributed by atoms with E-state index in [9.17, 15) is 0 Å². The topological polar surface area (TPSA) is 30.7 Å². The first-order chi connectivity index (χ1) is 7.75. The average Bonchev–Trinajstić information content (AvgIpc) is 3.01. The van der Waals surface area contributed by atoms with Gasteiger partial charge in [0.05, 0.1) is 6.04 Å². The van der Waals surface area contributed by atoms with Gasteiger partial charge >= 0.3 is 0 Å². The molecule has 0 bridgehead atoms. The van der Waals surface area contributed by atoms with Gasteiger partial charge in [-0.1, -0.05) is 23.7 Å². The summed E-state index contributed by atoms with van der Waals surface area (Å²) in [7, 11) is 0. The van der Waals surface area contributed by atoms with Gasteiger partial charge < -0.3 is 0 Å². The Bertz CT molecular complexity index is 529. The minimum Gasteiger partial charge on any atom is -0.243 e. The molecule has 0 unspecified atom stereocenters. The molecule has 3 rings (SSSR count). The van der Waals surface area contributed by atoms with E-state index in [1.54, 1.807) is 6.33 Å². The second kappa shape index (κ2) is 3.59. The van der Waals surface area contributed by atoms with Crippen molar-refractivity contribution < 1.29 is 0 Å². The Balaban J connectivity index is 2.07. The van der Waals surface area contributed by atoms with Gasteiger partial charge in [-0.3, -0.25) is 0 Å². The number of nitrogens with zero attached hydrogens (tertiary/aromatic N) is 3. The van der Waals surface area contributed by atoms with Gasteiger partial charge in [0.1, 0.15) is 6.33 Å². The molecule has 3 nitrogen and oxygen atoms in total. The lowest BCUT2D eigenvalue weighted by Gasteiger charge is -2.05. The summed E-state index contributed by atoms with van der Waals surface area (Å²) in [5.74, 6) is 0.921. The quantitative estimate of drug-likeness (QED) is 0.797. The predicted octanol–water partition coefficient (Wildman–Crippen LogP) is 3.24. The second-order valence-corrected chi connectivity index (χ2v) is 4.63. The molecule has 4 heteroatoms. The van der Waals surface area contributed by atoms with Crippen molar-refractivity contribution in [3.05, 3.63) is 35.1 Å². The van der Waals surface area contributed by atoms with Gasteiger partial charge in [0.2, 0.25) is 0 Å². The predicted molar refractivity (Wildman–Crippen MR) is 63.5 cm³/mol. The Morgan fingerprint density at radius 2 is 2.19 bits per heavy atom. The van der Waals surface area contributed by atoms with Crippen molar-refractivity contribution in [2.45, 2.75) is 25.8 Å². The Labute approximate surface area is 99.1 Å². The number of rotatable bonds is 2. The van der Waals surface area contributed by atoms with Crippen molar-refractivity contribution in [3.63, 3.8) is 0 Å². The van der Waals surface area contributed by atoms with Crippen molar-refractivity contribution >= 4 is 11.6 Å². The molecular weight excluding hydrogens is 222 g/mol. The maximum Gasteiger partial charge on any atom is 0.158 e. The fourth-order valence-corrected chi connectivity index (χ4v) is 1.96. The number of hydrogen-bond donors (Lipinski definition) is 0. The fourth-order valence-electron chi connectivity index (χ4n) is 1.78. The van der Waals surface area contributed by atoms with Crippen LogP contribution in [0, 0.1) is 6.92 Å². The summed E-state index contributed by atoms with van der Waals surface area (Å²) in [5, 5.41) is 5.05.